The average Bonchev–Trinajstić information content (AvgIpc) is 2.96. The summed E-state index contributed by atoms with van der Waals surface area (Å²) < 4.78 is 17.4. The first kappa shape index (κ1) is 28.7. The average molecular weight is 546 g/mol. The molecule has 3 aromatic carbocycles. The fourth-order valence-corrected chi connectivity index (χ4v) is 4.41. The zero-order valence-electron chi connectivity index (χ0n) is 22.4. The molecule has 0 saturated carbocycles. The van der Waals surface area contributed by atoms with Crippen LogP contribution in [0.1, 0.15) is 42.4 Å². The molecule has 0 aliphatic carbocycles. The molecule has 8 heteroatoms. The first-order chi connectivity index (χ1) is 19.5. The number of carboxylic acid groups (broad SMARTS) is 2. The monoisotopic (exact) mass is 545 g/mol. The van der Waals surface area contributed by atoms with E-state index in [2.05, 4.69) is 12.1 Å². The molecule has 0 aromatic heterocycles. The number of rotatable bonds is 15. The Bertz CT molecular complexity index is 1270. The number of fused-ring (bicyclic) bond motifs is 1. The van der Waals surface area contributed by atoms with Crippen molar-refractivity contribution in [3.05, 3.63) is 89.5 Å². The predicted molar refractivity (Wildman–Crippen MR) is 154 cm³/mol. The molecule has 210 valence electrons. The summed E-state index contributed by atoms with van der Waals surface area (Å²) in [6.07, 6.45) is 5.07. The van der Waals surface area contributed by atoms with Gasteiger partial charge in [0.15, 0.2) is 5.75 Å². The molecular formula is C32H35NO7. The third-order valence-electron chi connectivity index (χ3n) is 6.50. The molecule has 4 rings (SSSR count). The SMILES string of the molecule is O=C(O)CCCN1CC(C(=O)O)Oc2c(/C=C/c3ccc(OCCCCOCc4ccccc4)cc3)cccc21. The number of nitrogens with zero attached hydrogens (tertiary/aromatic N) is 1. The molecule has 40 heavy (non-hydrogen) atoms. The molecule has 0 amide bonds. The maximum atomic E-state index is 11.7. The van der Waals surface area contributed by atoms with Crippen LogP contribution in [0.25, 0.3) is 12.2 Å². The van der Waals surface area contributed by atoms with Crippen LogP contribution in [0.3, 0.4) is 0 Å². The number of carbonyl (C=O) groups is 2. The molecular weight excluding hydrogens is 510 g/mol. The smallest absolute Gasteiger partial charge is 0.346 e. The van der Waals surface area contributed by atoms with Crippen LogP contribution in [0.15, 0.2) is 72.8 Å². The van der Waals surface area contributed by atoms with E-state index in [1.807, 2.05) is 77.7 Å². The lowest BCUT2D eigenvalue weighted by Crippen LogP contribution is -2.45. The molecule has 1 unspecified atom stereocenters. The highest BCUT2D eigenvalue weighted by molar-refractivity contribution is 5.81. The van der Waals surface area contributed by atoms with Gasteiger partial charge >= 0.3 is 11.9 Å². The van der Waals surface area contributed by atoms with Crippen molar-refractivity contribution in [1.29, 1.82) is 0 Å². The summed E-state index contributed by atoms with van der Waals surface area (Å²) >= 11 is 0. The first-order valence-electron chi connectivity index (χ1n) is 13.5. The number of ether oxygens (including phenoxy) is 3. The van der Waals surface area contributed by atoms with Crippen molar-refractivity contribution in [2.75, 3.05) is 31.2 Å². The molecule has 8 nitrogen and oxygen atoms in total. The summed E-state index contributed by atoms with van der Waals surface area (Å²) in [7, 11) is 0. The normalized spacial score (nSPS) is 14.5. The van der Waals surface area contributed by atoms with Gasteiger partial charge in [-0.2, -0.15) is 0 Å². The molecule has 2 N–H and O–H groups in total. The third kappa shape index (κ3) is 8.61. The second-order valence-corrected chi connectivity index (χ2v) is 9.58. The van der Waals surface area contributed by atoms with Gasteiger partial charge in [0.25, 0.3) is 0 Å². The quantitative estimate of drug-likeness (QED) is 0.184. The molecule has 1 heterocycles. The van der Waals surface area contributed by atoms with Gasteiger partial charge in [-0.15, -0.1) is 0 Å². The molecule has 1 aliphatic heterocycles. The Labute approximate surface area is 234 Å². The van der Waals surface area contributed by atoms with Crippen LogP contribution in [0.5, 0.6) is 11.5 Å². The lowest BCUT2D eigenvalue weighted by Gasteiger charge is -2.35. The van der Waals surface area contributed by atoms with Crippen LogP contribution in [-0.2, 0) is 20.9 Å². The van der Waals surface area contributed by atoms with Crippen molar-refractivity contribution in [3.63, 3.8) is 0 Å². The van der Waals surface area contributed by atoms with Gasteiger partial charge in [-0.1, -0.05) is 66.7 Å². The minimum absolute atomic E-state index is 0.0207. The van der Waals surface area contributed by atoms with Gasteiger partial charge in [-0.05, 0) is 48.6 Å². The van der Waals surface area contributed by atoms with Crippen molar-refractivity contribution in [3.8, 4) is 11.5 Å². The number of anilines is 1. The maximum Gasteiger partial charge on any atom is 0.346 e. The summed E-state index contributed by atoms with van der Waals surface area (Å²) in [5, 5.41) is 18.6. The largest absolute Gasteiger partial charge is 0.494 e. The van der Waals surface area contributed by atoms with E-state index in [1.54, 1.807) is 0 Å². The van der Waals surface area contributed by atoms with Crippen LogP contribution in [0, 0.1) is 0 Å². The Balaban J connectivity index is 1.28. The number of carboxylic acids is 2. The first-order valence-corrected chi connectivity index (χ1v) is 13.5. The van der Waals surface area contributed by atoms with E-state index in [0.717, 1.165) is 35.4 Å². The number of aliphatic carboxylic acids is 2. The highest BCUT2D eigenvalue weighted by Gasteiger charge is 2.31. The lowest BCUT2D eigenvalue weighted by molar-refractivity contribution is -0.145. The van der Waals surface area contributed by atoms with Crippen molar-refractivity contribution in [2.45, 2.75) is 38.4 Å². The maximum absolute atomic E-state index is 11.7. The third-order valence-corrected chi connectivity index (χ3v) is 6.50. The summed E-state index contributed by atoms with van der Waals surface area (Å²) in [4.78, 5) is 24.6. The number of hydrogen-bond acceptors (Lipinski definition) is 6. The van der Waals surface area contributed by atoms with Crippen LogP contribution in [0.2, 0.25) is 0 Å². The van der Waals surface area contributed by atoms with E-state index in [9.17, 15) is 14.7 Å². The fraction of sp³-hybridized carbons (Fsp3) is 0.312. The van der Waals surface area contributed by atoms with Gasteiger partial charge in [0.1, 0.15) is 5.75 Å². The van der Waals surface area contributed by atoms with Crippen LogP contribution < -0.4 is 14.4 Å². The van der Waals surface area contributed by atoms with Gasteiger partial charge in [0.05, 0.1) is 25.4 Å². The predicted octanol–water partition coefficient (Wildman–Crippen LogP) is 5.75. The van der Waals surface area contributed by atoms with Crippen molar-refractivity contribution < 1.29 is 34.0 Å². The van der Waals surface area contributed by atoms with E-state index in [-0.39, 0.29) is 13.0 Å². The van der Waals surface area contributed by atoms with Crippen molar-refractivity contribution in [2.24, 2.45) is 0 Å². The summed E-state index contributed by atoms with van der Waals surface area (Å²) in [5.74, 6) is -0.645. The highest BCUT2D eigenvalue weighted by atomic mass is 16.5. The van der Waals surface area contributed by atoms with Crippen molar-refractivity contribution >= 4 is 29.8 Å². The Morgan fingerprint density at radius 3 is 2.42 bits per heavy atom. The number of unbranched alkanes of at least 4 members (excludes halogenated alkanes) is 1. The topological polar surface area (TPSA) is 106 Å². The van der Waals surface area contributed by atoms with Crippen LogP contribution in [-0.4, -0.2) is 54.6 Å². The van der Waals surface area contributed by atoms with Crippen LogP contribution in [0.4, 0.5) is 5.69 Å². The summed E-state index contributed by atoms with van der Waals surface area (Å²) in [6, 6.07) is 23.5. The van der Waals surface area contributed by atoms with Gasteiger partial charge in [0.2, 0.25) is 6.10 Å². The molecule has 0 saturated heterocycles. The second-order valence-electron chi connectivity index (χ2n) is 9.58. The summed E-state index contributed by atoms with van der Waals surface area (Å²) in [5.41, 5.74) is 3.65. The van der Waals surface area contributed by atoms with Gasteiger partial charge < -0.3 is 29.3 Å². The Morgan fingerprint density at radius 2 is 1.68 bits per heavy atom. The van der Waals surface area contributed by atoms with E-state index in [1.165, 1.54) is 5.56 Å². The standard InChI is InChI=1S/C32H35NO7/c34-30(35)12-7-19-33-22-29(32(36)37)40-31-26(10-6-11-28(31)33)16-13-24-14-17-27(18-15-24)39-21-5-4-20-38-23-25-8-2-1-3-9-25/h1-3,6,8-11,13-18,29H,4-5,7,12,19-23H2,(H,34,35)(H,36,37)/b16-13+. The van der Waals surface area contributed by atoms with Gasteiger partial charge in [-0.3, -0.25) is 4.79 Å². The fourth-order valence-electron chi connectivity index (χ4n) is 4.41. The number of para-hydroxylation sites is 1. The van der Waals surface area contributed by atoms with E-state index >= 15 is 0 Å². The zero-order valence-corrected chi connectivity index (χ0v) is 22.4. The molecule has 0 bridgehead atoms. The van der Waals surface area contributed by atoms with E-state index in [4.69, 9.17) is 19.3 Å². The Kier molecular flexibility index (Phi) is 10.6. The Morgan fingerprint density at radius 1 is 0.900 bits per heavy atom. The molecule has 1 aliphatic rings. The molecule has 1 atom stereocenters. The molecule has 0 radical (unpaired) electrons. The minimum atomic E-state index is -1.05. The molecule has 0 spiro atoms. The van der Waals surface area contributed by atoms with Crippen molar-refractivity contribution in [1.82, 2.24) is 0 Å². The van der Waals surface area contributed by atoms with Crippen LogP contribution >= 0.6 is 0 Å². The van der Waals surface area contributed by atoms with E-state index in [0.29, 0.717) is 38.5 Å². The highest BCUT2D eigenvalue weighted by Crippen LogP contribution is 2.38. The lowest BCUT2D eigenvalue weighted by atomic mass is 10.1. The second kappa shape index (κ2) is 14.7. The Hall–Kier alpha value is -4.30. The minimum Gasteiger partial charge on any atom is -0.494 e. The molecule has 3 aromatic rings. The van der Waals surface area contributed by atoms with Gasteiger partial charge in [-0.25, -0.2) is 4.79 Å². The summed E-state index contributed by atoms with van der Waals surface area (Å²) in [6.45, 7) is 2.53. The molecule has 0 fully saturated rings. The van der Waals surface area contributed by atoms with Gasteiger partial charge in [0, 0.05) is 25.1 Å². The zero-order chi connectivity index (χ0) is 28.2. The number of hydrogen-bond donors (Lipinski definition) is 2. The number of benzene rings is 3. The van der Waals surface area contributed by atoms with E-state index < -0.39 is 18.0 Å².